The van der Waals surface area contributed by atoms with Gasteiger partial charge in [-0.2, -0.15) is 0 Å². The number of rotatable bonds is 2. The molecule has 0 bridgehead atoms. The fourth-order valence-electron chi connectivity index (χ4n) is 4.59. The van der Waals surface area contributed by atoms with Crippen LogP contribution >= 0.6 is 0 Å². The van der Waals surface area contributed by atoms with E-state index in [1.807, 2.05) is 53.2 Å². The molecule has 3 aromatic heterocycles. The monoisotopic (exact) mass is 433 g/mol. The van der Waals surface area contributed by atoms with Crippen LogP contribution in [0.15, 0.2) is 85.1 Å². The van der Waals surface area contributed by atoms with E-state index < -0.39 is 6.98 Å². The highest BCUT2D eigenvalue weighted by atomic mass is 15.1. The van der Waals surface area contributed by atoms with E-state index >= 15 is 0 Å². The van der Waals surface area contributed by atoms with Gasteiger partial charge in [0.2, 0.25) is 6.33 Å². The first kappa shape index (κ1) is 16.7. The lowest BCUT2D eigenvalue weighted by Crippen LogP contribution is -2.26. The standard InChI is InChI=1S/C29H26N4/c1-29(2,3)20-16-21(32-19-31(4)26-13-7-8-14-27(26)32)18-22(17-20)33-25-12-6-5-10-23(25)24-11-9-15-30-28(24)33/h5-18H,1-4H3/i4D3. The van der Waals surface area contributed by atoms with E-state index in [1.165, 1.54) is 4.57 Å². The zero-order valence-corrected chi connectivity index (χ0v) is 18.9. The minimum absolute atomic E-state index is 0.139. The number of nitrogens with zero attached hydrogens (tertiary/aromatic N) is 4. The molecule has 0 saturated carbocycles. The van der Waals surface area contributed by atoms with Gasteiger partial charge in [0.15, 0.2) is 0 Å². The van der Waals surface area contributed by atoms with Gasteiger partial charge in [-0.3, -0.25) is 4.57 Å². The number of aromatic nitrogens is 4. The first-order chi connectivity index (χ1) is 17.1. The van der Waals surface area contributed by atoms with Crippen molar-refractivity contribution in [2.75, 3.05) is 0 Å². The number of hydrogen-bond acceptors (Lipinski definition) is 1. The summed E-state index contributed by atoms with van der Waals surface area (Å²) in [6.07, 6.45) is 4.94. The smallest absolute Gasteiger partial charge is 0.244 e. The van der Waals surface area contributed by atoms with Gasteiger partial charge in [0.05, 0.1) is 33.3 Å². The maximum atomic E-state index is 8.05. The molecular formula is C29H26N4. The van der Waals surface area contributed by atoms with Crippen molar-refractivity contribution in [3.63, 3.8) is 0 Å². The van der Waals surface area contributed by atoms with Crippen molar-refractivity contribution in [2.45, 2.75) is 26.2 Å². The topological polar surface area (TPSA) is 26.6 Å². The number of hydrogen-bond donors (Lipinski definition) is 0. The summed E-state index contributed by atoms with van der Waals surface area (Å²) in [4.78, 5) is 4.75. The summed E-state index contributed by atoms with van der Waals surface area (Å²) in [7, 11) is 0. The molecule has 6 aromatic rings. The van der Waals surface area contributed by atoms with Crippen LogP contribution in [0, 0.1) is 6.33 Å². The molecule has 0 fully saturated rings. The molecule has 4 nitrogen and oxygen atoms in total. The van der Waals surface area contributed by atoms with Gasteiger partial charge >= 0.3 is 0 Å². The molecule has 6 rings (SSSR count). The molecule has 0 atom stereocenters. The fourth-order valence-corrected chi connectivity index (χ4v) is 4.59. The maximum absolute atomic E-state index is 8.05. The van der Waals surface area contributed by atoms with Crippen molar-refractivity contribution >= 4 is 33.0 Å². The van der Waals surface area contributed by atoms with Crippen LogP contribution in [0.25, 0.3) is 44.3 Å². The van der Waals surface area contributed by atoms with Gasteiger partial charge in [0, 0.05) is 22.7 Å². The number of benzene rings is 3. The van der Waals surface area contributed by atoms with E-state index in [1.54, 1.807) is 0 Å². The fraction of sp³-hybridized carbons (Fsp3) is 0.172. The van der Waals surface area contributed by atoms with Crippen molar-refractivity contribution in [3.8, 4) is 11.4 Å². The van der Waals surface area contributed by atoms with Crippen molar-refractivity contribution in [1.29, 1.82) is 0 Å². The van der Waals surface area contributed by atoms with Crippen molar-refractivity contribution in [2.24, 2.45) is 6.98 Å². The Bertz CT molecular complexity index is 1710. The van der Waals surface area contributed by atoms with E-state index in [9.17, 15) is 0 Å². The number of aryl methyl sites for hydroxylation is 1. The molecule has 0 spiro atoms. The molecule has 0 saturated heterocycles. The van der Waals surface area contributed by atoms with Gasteiger partial charge in [-0.05, 0) is 41.3 Å². The summed E-state index contributed by atoms with van der Waals surface area (Å²) < 4.78 is 29.4. The van der Waals surface area contributed by atoms with Crippen molar-refractivity contribution < 1.29 is 8.68 Å². The van der Waals surface area contributed by atoms with Crippen LogP contribution in [-0.4, -0.2) is 14.1 Å². The summed E-state index contributed by atoms with van der Waals surface area (Å²) in [6, 6.07) is 26.3. The average molecular weight is 434 g/mol. The Kier molecular flexibility index (Phi) is 3.56. The molecule has 0 N–H and O–H groups in total. The van der Waals surface area contributed by atoms with E-state index in [-0.39, 0.29) is 5.41 Å². The molecule has 4 heteroatoms. The highest BCUT2D eigenvalue weighted by molar-refractivity contribution is 6.07. The third-order valence-electron chi connectivity index (χ3n) is 6.28. The zero-order chi connectivity index (χ0) is 25.2. The largest absolute Gasteiger partial charge is 0.319 e. The molecule has 33 heavy (non-hydrogen) atoms. The molecule has 3 aromatic carbocycles. The van der Waals surface area contributed by atoms with Crippen molar-refractivity contribution in [1.82, 2.24) is 14.1 Å². The van der Waals surface area contributed by atoms with E-state index in [0.29, 0.717) is 5.52 Å². The van der Waals surface area contributed by atoms with Crippen molar-refractivity contribution in [3.05, 3.63) is 97.0 Å². The van der Waals surface area contributed by atoms with Crippen LogP contribution in [0.4, 0.5) is 0 Å². The van der Waals surface area contributed by atoms with Crippen LogP contribution in [0.2, 0.25) is 0 Å². The average Bonchev–Trinajstić information content (AvgIpc) is 3.40. The summed E-state index contributed by atoms with van der Waals surface area (Å²) in [6.45, 7) is 4.20. The SMILES string of the molecule is [2H]C([2H])([2H])[n+]1[c-]n(-c2cc(-n3c4ccccc4c4cccnc43)cc(C(C)(C)C)c2)c2ccccc21. The Morgan fingerprint density at radius 2 is 1.58 bits per heavy atom. The van der Waals surface area contributed by atoms with Crippen LogP contribution in [0.1, 0.15) is 30.4 Å². The molecule has 0 aliphatic rings. The number of fused-ring (bicyclic) bond motifs is 4. The van der Waals surface area contributed by atoms with Crippen LogP contribution in [0.3, 0.4) is 0 Å². The molecule has 0 unspecified atom stereocenters. The predicted octanol–water partition coefficient (Wildman–Crippen LogP) is 6.04. The summed E-state index contributed by atoms with van der Waals surface area (Å²) >= 11 is 0. The normalized spacial score (nSPS) is 14.0. The highest BCUT2D eigenvalue weighted by Crippen LogP contribution is 2.34. The minimum Gasteiger partial charge on any atom is -0.319 e. The lowest BCUT2D eigenvalue weighted by Gasteiger charge is -2.23. The molecule has 0 aliphatic heterocycles. The minimum atomic E-state index is -2.34. The van der Waals surface area contributed by atoms with E-state index in [2.05, 4.69) is 68.1 Å². The second-order valence-corrected chi connectivity index (χ2v) is 9.47. The predicted molar refractivity (Wildman–Crippen MR) is 134 cm³/mol. The molecular weight excluding hydrogens is 404 g/mol. The van der Waals surface area contributed by atoms with E-state index in [0.717, 1.165) is 44.4 Å². The van der Waals surface area contributed by atoms with Gasteiger partial charge in [-0.1, -0.05) is 69.3 Å². The Hall–Kier alpha value is -3.92. The third-order valence-corrected chi connectivity index (χ3v) is 6.28. The Balaban J connectivity index is 1.70. The van der Waals surface area contributed by atoms with Crippen LogP contribution in [0.5, 0.6) is 0 Å². The maximum Gasteiger partial charge on any atom is 0.244 e. The molecule has 0 amide bonds. The number of imidazole rings is 1. The second kappa shape index (κ2) is 7.04. The number of pyridine rings is 1. The highest BCUT2D eigenvalue weighted by Gasteiger charge is 2.19. The molecule has 162 valence electrons. The first-order valence-corrected chi connectivity index (χ1v) is 11.1. The lowest BCUT2D eigenvalue weighted by molar-refractivity contribution is -0.649. The van der Waals surface area contributed by atoms with E-state index in [4.69, 9.17) is 9.10 Å². The van der Waals surface area contributed by atoms with Crippen LogP contribution in [-0.2, 0) is 12.4 Å². The molecule has 0 aliphatic carbocycles. The second-order valence-electron chi connectivity index (χ2n) is 9.47. The van der Waals surface area contributed by atoms with Gasteiger partial charge in [0.25, 0.3) is 0 Å². The molecule has 0 radical (unpaired) electrons. The Morgan fingerprint density at radius 1 is 0.848 bits per heavy atom. The van der Waals surface area contributed by atoms with Gasteiger partial charge in [-0.15, -0.1) is 0 Å². The zero-order valence-electron chi connectivity index (χ0n) is 21.9. The summed E-state index contributed by atoms with van der Waals surface area (Å²) in [5, 5.41) is 2.23. The van der Waals surface area contributed by atoms with Gasteiger partial charge < -0.3 is 9.13 Å². The first-order valence-electron chi connectivity index (χ1n) is 12.6. The quantitative estimate of drug-likeness (QED) is 0.241. The summed E-state index contributed by atoms with van der Waals surface area (Å²) in [5.41, 5.74) is 6.15. The Labute approximate surface area is 197 Å². The third kappa shape index (κ3) is 3.05. The number of para-hydroxylation sites is 3. The van der Waals surface area contributed by atoms with Gasteiger partial charge in [0.1, 0.15) is 5.65 Å². The molecule has 3 heterocycles. The summed E-state index contributed by atoms with van der Waals surface area (Å²) in [5.74, 6) is 0. The van der Waals surface area contributed by atoms with Gasteiger partial charge in [-0.25, -0.2) is 4.98 Å². The van der Waals surface area contributed by atoms with Crippen LogP contribution < -0.4 is 4.57 Å². The lowest BCUT2D eigenvalue weighted by atomic mass is 9.86. The Morgan fingerprint density at radius 3 is 2.39 bits per heavy atom.